The summed E-state index contributed by atoms with van der Waals surface area (Å²) >= 11 is 1.30. The minimum Gasteiger partial charge on any atom is -0.436 e. The van der Waals surface area contributed by atoms with E-state index in [4.69, 9.17) is 9.15 Å². The van der Waals surface area contributed by atoms with E-state index in [1.807, 2.05) is 12.1 Å². The highest BCUT2D eigenvalue weighted by atomic mass is 32.1. The van der Waals surface area contributed by atoms with Gasteiger partial charge in [0.05, 0.1) is 25.5 Å². The van der Waals surface area contributed by atoms with Crippen molar-refractivity contribution in [2.24, 2.45) is 0 Å². The predicted octanol–water partition coefficient (Wildman–Crippen LogP) is 2.18. The van der Waals surface area contributed by atoms with Crippen molar-refractivity contribution in [3.63, 3.8) is 0 Å². The number of amides is 2. The summed E-state index contributed by atoms with van der Waals surface area (Å²) in [6, 6.07) is 3.72. The quantitative estimate of drug-likeness (QED) is 0.642. The van der Waals surface area contributed by atoms with Gasteiger partial charge in [-0.25, -0.2) is 9.97 Å². The highest BCUT2D eigenvalue weighted by molar-refractivity contribution is 7.20. The summed E-state index contributed by atoms with van der Waals surface area (Å²) in [7, 11) is 1.65. The molecule has 1 aliphatic rings. The minimum atomic E-state index is -0.485. The SMILES string of the molecule is Cc1nc(C)c(C(=O)N2CCO[C@H](c3c(C(=O)N(C)CCO)sc4ncccc34)C2)o1. The molecule has 0 aliphatic carbocycles. The lowest BCUT2D eigenvalue weighted by Gasteiger charge is -2.33. The number of hydrogen-bond donors (Lipinski definition) is 1. The number of aryl methyl sites for hydroxylation is 2. The topological polar surface area (TPSA) is 109 Å². The van der Waals surface area contributed by atoms with Gasteiger partial charge in [0, 0.05) is 44.2 Å². The molecule has 3 aromatic rings. The Bertz CT molecular complexity index is 1120. The van der Waals surface area contributed by atoms with Gasteiger partial charge >= 0.3 is 0 Å². The maximum absolute atomic E-state index is 13.1. The molecule has 31 heavy (non-hydrogen) atoms. The van der Waals surface area contributed by atoms with Crippen LogP contribution >= 0.6 is 11.3 Å². The van der Waals surface area contributed by atoms with Crippen LogP contribution in [0.5, 0.6) is 0 Å². The molecule has 1 saturated heterocycles. The van der Waals surface area contributed by atoms with Crippen LogP contribution in [-0.4, -0.2) is 76.6 Å². The Morgan fingerprint density at radius 1 is 1.39 bits per heavy atom. The van der Waals surface area contributed by atoms with Crippen LogP contribution in [0.1, 0.15) is 43.5 Å². The Hall–Kier alpha value is -2.82. The van der Waals surface area contributed by atoms with Crippen molar-refractivity contribution in [2.75, 3.05) is 39.9 Å². The van der Waals surface area contributed by atoms with Gasteiger partial charge in [-0.2, -0.15) is 0 Å². The summed E-state index contributed by atoms with van der Waals surface area (Å²) in [5.74, 6) is 0.226. The zero-order chi connectivity index (χ0) is 22.1. The van der Waals surface area contributed by atoms with Gasteiger partial charge in [-0.1, -0.05) is 6.07 Å². The number of carbonyl (C=O) groups excluding carboxylic acids is 2. The van der Waals surface area contributed by atoms with Gasteiger partial charge in [-0.05, 0) is 13.0 Å². The van der Waals surface area contributed by atoms with Crippen LogP contribution in [0.4, 0.5) is 0 Å². The maximum Gasteiger partial charge on any atom is 0.291 e. The molecule has 0 aromatic carbocycles. The summed E-state index contributed by atoms with van der Waals surface area (Å²) in [6.45, 7) is 4.58. The van der Waals surface area contributed by atoms with Crippen LogP contribution in [0.3, 0.4) is 0 Å². The summed E-state index contributed by atoms with van der Waals surface area (Å²) in [4.78, 5) is 39.1. The lowest BCUT2D eigenvalue weighted by atomic mass is 10.0. The number of thiophene rings is 1. The number of aliphatic hydroxyl groups excluding tert-OH is 1. The van der Waals surface area contributed by atoms with E-state index in [2.05, 4.69) is 9.97 Å². The molecule has 4 rings (SSSR count). The molecule has 3 aromatic heterocycles. The van der Waals surface area contributed by atoms with Crippen molar-refractivity contribution in [1.82, 2.24) is 19.8 Å². The molecule has 164 valence electrons. The summed E-state index contributed by atoms with van der Waals surface area (Å²) in [6.07, 6.45) is 1.20. The Morgan fingerprint density at radius 3 is 2.90 bits per heavy atom. The van der Waals surface area contributed by atoms with Crippen molar-refractivity contribution >= 4 is 33.4 Å². The van der Waals surface area contributed by atoms with E-state index >= 15 is 0 Å². The fourth-order valence-corrected chi connectivity index (χ4v) is 4.93. The predicted molar refractivity (Wildman–Crippen MR) is 114 cm³/mol. The van der Waals surface area contributed by atoms with Crippen molar-refractivity contribution in [3.05, 3.63) is 46.1 Å². The lowest BCUT2D eigenvalue weighted by molar-refractivity contribution is -0.0233. The van der Waals surface area contributed by atoms with Crippen molar-refractivity contribution in [2.45, 2.75) is 20.0 Å². The van der Waals surface area contributed by atoms with Gasteiger partial charge in [0.25, 0.3) is 11.8 Å². The van der Waals surface area contributed by atoms with Gasteiger partial charge in [0.15, 0.2) is 5.89 Å². The van der Waals surface area contributed by atoms with Crippen LogP contribution in [0.2, 0.25) is 0 Å². The largest absolute Gasteiger partial charge is 0.436 e. The molecular formula is C21H24N4O5S. The number of ether oxygens (including phenoxy) is 1. The van der Waals surface area contributed by atoms with Crippen molar-refractivity contribution < 1.29 is 23.8 Å². The number of aliphatic hydroxyl groups is 1. The van der Waals surface area contributed by atoms with Crippen LogP contribution in [0, 0.1) is 13.8 Å². The van der Waals surface area contributed by atoms with E-state index < -0.39 is 6.10 Å². The highest BCUT2D eigenvalue weighted by Crippen LogP contribution is 2.38. The third-order valence-corrected chi connectivity index (χ3v) is 6.37. The molecule has 0 unspecified atom stereocenters. The molecule has 0 bridgehead atoms. The highest BCUT2D eigenvalue weighted by Gasteiger charge is 2.34. The molecule has 0 spiro atoms. The monoisotopic (exact) mass is 444 g/mol. The van der Waals surface area contributed by atoms with Crippen LogP contribution in [0.15, 0.2) is 22.7 Å². The second-order valence-electron chi connectivity index (χ2n) is 7.41. The number of carbonyl (C=O) groups is 2. The molecule has 1 N–H and O–H groups in total. The molecule has 9 nitrogen and oxygen atoms in total. The van der Waals surface area contributed by atoms with Crippen LogP contribution in [0.25, 0.3) is 10.2 Å². The molecule has 0 saturated carbocycles. The first-order valence-electron chi connectivity index (χ1n) is 9.99. The van der Waals surface area contributed by atoms with Gasteiger partial charge in [0.1, 0.15) is 15.8 Å². The Morgan fingerprint density at radius 2 is 2.19 bits per heavy atom. The molecule has 1 fully saturated rings. The Balaban J connectivity index is 1.69. The van der Waals surface area contributed by atoms with Crippen molar-refractivity contribution in [1.29, 1.82) is 0 Å². The van der Waals surface area contributed by atoms with Gasteiger partial charge < -0.3 is 24.1 Å². The molecule has 1 atom stereocenters. The Labute approximate surface area is 183 Å². The van der Waals surface area contributed by atoms with E-state index in [1.54, 1.807) is 32.0 Å². The number of pyridine rings is 1. The van der Waals surface area contributed by atoms with Crippen LogP contribution < -0.4 is 0 Å². The minimum absolute atomic E-state index is 0.126. The second-order valence-corrected chi connectivity index (χ2v) is 8.41. The Kier molecular flexibility index (Phi) is 6.03. The summed E-state index contributed by atoms with van der Waals surface area (Å²) in [5.41, 5.74) is 1.28. The molecule has 4 heterocycles. The summed E-state index contributed by atoms with van der Waals surface area (Å²) in [5, 5.41) is 10.1. The average molecular weight is 445 g/mol. The number of morpholine rings is 1. The standard InChI is InChI=1S/C21H24N4O5S/c1-12-17(30-13(2)23-12)20(27)25-8-10-29-15(11-25)16-14-5-4-6-22-19(14)31-18(16)21(28)24(3)7-9-26/h4-6,15,26H,7-11H2,1-3H3/t15-/m0/s1. The first-order chi connectivity index (χ1) is 14.9. The van der Waals surface area contributed by atoms with Gasteiger partial charge in [0.2, 0.25) is 5.76 Å². The van der Waals surface area contributed by atoms with E-state index in [0.717, 1.165) is 15.8 Å². The molecule has 10 heteroatoms. The number of hydrogen-bond acceptors (Lipinski definition) is 8. The smallest absolute Gasteiger partial charge is 0.291 e. The van der Waals surface area contributed by atoms with Crippen molar-refractivity contribution in [3.8, 4) is 0 Å². The zero-order valence-electron chi connectivity index (χ0n) is 17.6. The number of rotatable bonds is 5. The normalized spacial score (nSPS) is 16.6. The van der Waals surface area contributed by atoms with E-state index in [9.17, 15) is 14.7 Å². The van der Waals surface area contributed by atoms with Gasteiger partial charge in [-0.15, -0.1) is 11.3 Å². The first-order valence-corrected chi connectivity index (χ1v) is 10.8. The number of fused-ring (bicyclic) bond motifs is 1. The maximum atomic E-state index is 13.1. The molecule has 1 aliphatic heterocycles. The van der Waals surface area contributed by atoms with E-state index in [0.29, 0.717) is 29.6 Å². The number of likely N-dealkylation sites (N-methyl/N-ethyl adjacent to an activating group) is 1. The third-order valence-electron chi connectivity index (χ3n) is 5.25. The fraction of sp³-hybridized carbons (Fsp3) is 0.429. The van der Waals surface area contributed by atoms with Gasteiger partial charge in [-0.3, -0.25) is 9.59 Å². The number of nitrogens with zero attached hydrogens (tertiary/aromatic N) is 4. The lowest BCUT2D eigenvalue weighted by Crippen LogP contribution is -2.42. The number of oxazole rings is 1. The molecule has 0 radical (unpaired) electrons. The van der Waals surface area contributed by atoms with Crippen LogP contribution in [-0.2, 0) is 4.74 Å². The third kappa shape index (κ3) is 4.06. The zero-order valence-corrected chi connectivity index (χ0v) is 18.4. The molecule has 2 amide bonds. The summed E-state index contributed by atoms with van der Waals surface area (Å²) < 4.78 is 11.5. The first kappa shape index (κ1) is 21.4. The number of aromatic nitrogens is 2. The second kappa shape index (κ2) is 8.74. The van der Waals surface area contributed by atoms with E-state index in [1.165, 1.54) is 16.2 Å². The van der Waals surface area contributed by atoms with E-state index in [-0.39, 0.29) is 37.3 Å². The fourth-order valence-electron chi connectivity index (χ4n) is 3.74. The molecular weight excluding hydrogens is 420 g/mol. The average Bonchev–Trinajstić information content (AvgIpc) is 3.32.